The van der Waals surface area contributed by atoms with E-state index in [9.17, 15) is 9.18 Å². The molecule has 7 nitrogen and oxygen atoms in total. The third-order valence-corrected chi connectivity index (χ3v) is 4.94. The van der Waals surface area contributed by atoms with Gasteiger partial charge in [0.05, 0.1) is 5.69 Å². The molecule has 2 aromatic heterocycles. The molecule has 1 N–H and O–H groups in total. The van der Waals surface area contributed by atoms with Crippen LogP contribution in [0.4, 0.5) is 4.39 Å². The number of aromatic amines is 1. The van der Waals surface area contributed by atoms with E-state index in [1.54, 1.807) is 18.2 Å². The summed E-state index contributed by atoms with van der Waals surface area (Å²) >= 11 is 0. The normalized spacial score (nSPS) is 10.9. The molecular formula is C22H20FN5O2. The highest BCUT2D eigenvalue weighted by molar-refractivity contribution is 5.65. The quantitative estimate of drug-likeness (QED) is 0.512. The van der Waals surface area contributed by atoms with Crippen molar-refractivity contribution < 1.29 is 9.13 Å². The van der Waals surface area contributed by atoms with Crippen LogP contribution >= 0.6 is 0 Å². The standard InChI is InChI=1S/C22H20FN5O2/c1-13-6-4-8-19(28-22(29)25-26-27-28)21(13)30-12-16-10-15(3)17(11-14(16)2)18-7-5-9-20(23)24-18/h4-11H,12H2,1-3H3,(H,25,27,29). The molecule has 0 bridgehead atoms. The zero-order valence-corrected chi connectivity index (χ0v) is 16.8. The van der Waals surface area contributed by atoms with Crippen LogP contribution < -0.4 is 10.4 Å². The lowest BCUT2D eigenvalue weighted by atomic mass is 9.98. The van der Waals surface area contributed by atoms with Crippen LogP contribution in [0.25, 0.3) is 16.9 Å². The summed E-state index contributed by atoms with van der Waals surface area (Å²) in [6, 6.07) is 14.2. The maximum absolute atomic E-state index is 13.5. The van der Waals surface area contributed by atoms with E-state index in [1.165, 1.54) is 10.7 Å². The highest BCUT2D eigenvalue weighted by atomic mass is 19.1. The number of rotatable bonds is 5. The number of pyridine rings is 1. The minimum atomic E-state index is -0.507. The van der Waals surface area contributed by atoms with Crippen LogP contribution in [0.5, 0.6) is 5.75 Å². The molecule has 0 atom stereocenters. The summed E-state index contributed by atoms with van der Waals surface area (Å²) in [4.78, 5) is 15.9. The van der Waals surface area contributed by atoms with E-state index < -0.39 is 11.6 Å². The molecule has 30 heavy (non-hydrogen) atoms. The first-order valence-electron chi connectivity index (χ1n) is 9.40. The number of hydrogen-bond donors (Lipinski definition) is 1. The molecular weight excluding hydrogens is 385 g/mol. The van der Waals surface area contributed by atoms with Crippen LogP contribution in [0.2, 0.25) is 0 Å². The molecule has 0 spiro atoms. The molecule has 0 unspecified atom stereocenters. The first-order chi connectivity index (χ1) is 14.4. The molecule has 8 heteroatoms. The number of halogens is 1. The van der Waals surface area contributed by atoms with Gasteiger partial charge in [-0.15, -0.1) is 0 Å². The number of nitrogens with one attached hydrogen (secondary N) is 1. The van der Waals surface area contributed by atoms with E-state index in [1.807, 2.05) is 45.0 Å². The molecule has 0 fully saturated rings. The number of benzene rings is 2. The van der Waals surface area contributed by atoms with Gasteiger partial charge in [-0.25, -0.2) is 14.9 Å². The van der Waals surface area contributed by atoms with Crippen molar-refractivity contribution in [2.24, 2.45) is 0 Å². The van der Waals surface area contributed by atoms with Crippen LogP contribution in [0, 0.1) is 26.7 Å². The van der Waals surface area contributed by atoms with Crippen molar-refractivity contribution in [2.45, 2.75) is 27.4 Å². The number of aromatic nitrogens is 5. The van der Waals surface area contributed by atoms with Gasteiger partial charge < -0.3 is 4.74 Å². The summed E-state index contributed by atoms with van der Waals surface area (Å²) in [5.74, 6) is 0.0496. The Hall–Kier alpha value is -3.81. The summed E-state index contributed by atoms with van der Waals surface area (Å²) in [5.41, 5.74) is 5.36. The van der Waals surface area contributed by atoms with Gasteiger partial charge in [0.2, 0.25) is 5.95 Å². The molecule has 4 aromatic rings. The van der Waals surface area contributed by atoms with Gasteiger partial charge in [0.25, 0.3) is 0 Å². The number of aryl methyl sites for hydroxylation is 3. The second-order valence-electron chi connectivity index (χ2n) is 7.07. The van der Waals surface area contributed by atoms with Gasteiger partial charge in [-0.05, 0) is 77.7 Å². The highest BCUT2D eigenvalue weighted by Crippen LogP contribution is 2.29. The maximum Gasteiger partial charge on any atom is 0.365 e. The second kappa shape index (κ2) is 7.90. The molecule has 0 amide bonds. The number of tetrazole rings is 1. The Kier molecular flexibility index (Phi) is 5.14. The van der Waals surface area contributed by atoms with Crippen LogP contribution in [-0.2, 0) is 6.61 Å². The minimum Gasteiger partial charge on any atom is -0.486 e. The lowest BCUT2D eigenvalue weighted by molar-refractivity contribution is 0.301. The molecule has 2 heterocycles. The second-order valence-corrected chi connectivity index (χ2v) is 7.07. The van der Waals surface area contributed by atoms with E-state index in [0.717, 1.165) is 27.8 Å². The Morgan fingerprint density at radius 1 is 1.03 bits per heavy atom. The van der Waals surface area contributed by atoms with Crippen molar-refractivity contribution in [2.75, 3.05) is 0 Å². The molecule has 152 valence electrons. The van der Waals surface area contributed by atoms with E-state index in [2.05, 4.69) is 20.5 Å². The maximum atomic E-state index is 13.5. The molecule has 0 saturated carbocycles. The summed E-state index contributed by atoms with van der Waals surface area (Å²) in [6.45, 7) is 6.13. The summed E-state index contributed by atoms with van der Waals surface area (Å²) in [7, 11) is 0. The lowest BCUT2D eigenvalue weighted by Crippen LogP contribution is -2.17. The summed E-state index contributed by atoms with van der Waals surface area (Å²) in [6.07, 6.45) is 0. The molecule has 0 aliphatic rings. The molecule has 2 aromatic carbocycles. The van der Waals surface area contributed by atoms with Crippen molar-refractivity contribution in [3.05, 3.63) is 87.2 Å². The Labute approximate surface area is 172 Å². The molecule has 4 rings (SSSR count). The monoisotopic (exact) mass is 405 g/mol. The Bertz CT molecular complexity index is 1280. The van der Waals surface area contributed by atoms with Gasteiger partial charge in [-0.1, -0.05) is 24.3 Å². The fraction of sp³-hybridized carbons (Fsp3) is 0.182. The predicted octanol–water partition coefficient (Wildman–Crippen LogP) is 3.66. The fourth-order valence-electron chi connectivity index (χ4n) is 3.36. The van der Waals surface area contributed by atoms with Crippen LogP contribution in [0.1, 0.15) is 22.3 Å². The fourth-order valence-corrected chi connectivity index (χ4v) is 3.36. The predicted molar refractivity (Wildman–Crippen MR) is 110 cm³/mol. The number of nitrogens with zero attached hydrogens (tertiary/aromatic N) is 4. The molecule has 0 aliphatic heterocycles. The average molecular weight is 405 g/mol. The zero-order chi connectivity index (χ0) is 21.3. The number of ether oxygens (including phenoxy) is 1. The van der Waals surface area contributed by atoms with E-state index in [4.69, 9.17) is 4.74 Å². The molecule has 0 saturated heterocycles. The minimum absolute atomic E-state index is 0.300. The topological polar surface area (TPSA) is 85.7 Å². The lowest BCUT2D eigenvalue weighted by Gasteiger charge is -2.16. The van der Waals surface area contributed by atoms with Crippen LogP contribution in [0.15, 0.2) is 53.3 Å². The average Bonchev–Trinajstić information content (AvgIpc) is 3.14. The number of hydrogen-bond acceptors (Lipinski definition) is 5. The van der Waals surface area contributed by atoms with Gasteiger partial charge in [-0.2, -0.15) is 9.07 Å². The highest BCUT2D eigenvalue weighted by Gasteiger charge is 2.14. The van der Waals surface area contributed by atoms with Crippen molar-refractivity contribution in [1.29, 1.82) is 0 Å². The van der Waals surface area contributed by atoms with Crippen molar-refractivity contribution in [1.82, 2.24) is 25.2 Å². The van der Waals surface area contributed by atoms with E-state index in [-0.39, 0.29) is 0 Å². The number of H-pyrrole nitrogens is 1. The Morgan fingerprint density at radius 3 is 2.57 bits per heavy atom. The third kappa shape index (κ3) is 3.71. The van der Waals surface area contributed by atoms with Gasteiger partial charge in [0.15, 0.2) is 0 Å². The van der Waals surface area contributed by atoms with E-state index >= 15 is 0 Å². The zero-order valence-electron chi connectivity index (χ0n) is 16.8. The first kappa shape index (κ1) is 19.5. The number of para-hydroxylation sites is 1. The van der Waals surface area contributed by atoms with E-state index in [0.29, 0.717) is 23.7 Å². The Balaban J connectivity index is 1.65. The Morgan fingerprint density at radius 2 is 1.83 bits per heavy atom. The van der Waals surface area contributed by atoms with Gasteiger partial charge in [-0.3, -0.25) is 0 Å². The molecule has 0 radical (unpaired) electrons. The third-order valence-electron chi connectivity index (χ3n) is 4.94. The van der Waals surface area contributed by atoms with Gasteiger partial charge >= 0.3 is 5.69 Å². The van der Waals surface area contributed by atoms with Gasteiger partial charge in [0.1, 0.15) is 18.0 Å². The smallest absolute Gasteiger partial charge is 0.365 e. The van der Waals surface area contributed by atoms with Crippen LogP contribution in [0.3, 0.4) is 0 Å². The van der Waals surface area contributed by atoms with Crippen molar-refractivity contribution in [3.63, 3.8) is 0 Å². The summed E-state index contributed by atoms with van der Waals surface area (Å²) < 4.78 is 20.8. The SMILES string of the molecule is Cc1cc(-c2cccc(F)n2)c(C)cc1COc1c(C)cccc1-n1nn[nH]c1=O. The van der Waals surface area contributed by atoms with Gasteiger partial charge in [0, 0.05) is 5.56 Å². The summed E-state index contributed by atoms with van der Waals surface area (Å²) in [5, 5.41) is 9.64. The van der Waals surface area contributed by atoms with Crippen LogP contribution in [-0.4, -0.2) is 25.2 Å². The molecule has 0 aliphatic carbocycles. The first-order valence-corrected chi connectivity index (χ1v) is 9.40. The largest absolute Gasteiger partial charge is 0.486 e. The van der Waals surface area contributed by atoms with Crippen molar-refractivity contribution in [3.8, 4) is 22.7 Å². The van der Waals surface area contributed by atoms with Crippen molar-refractivity contribution >= 4 is 0 Å².